The van der Waals surface area contributed by atoms with Crippen LogP contribution < -0.4 is 14.8 Å². The Morgan fingerprint density at radius 2 is 1.87 bits per heavy atom. The van der Waals surface area contributed by atoms with Crippen molar-refractivity contribution in [2.75, 3.05) is 19.0 Å². The molecule has 1 N–H and O–H groups in total. The summed E-state index contributed by atoms with van der Waals surface area (Å²) in [5.74, 6) is 0.736. The summed E-state index contributed by atoms with van der Waals surface area (Å²) in [4.78, 5) is 12.3. The van der Waals surface area contributed by atoms with Crippen LogP contribution in [-0.4, -0.2) is 19.6 Å². The lowest BCUT2D eigenvalue weighted by Gasteiger charge is -2.11. The number of methoxy groups -OCH3 is 1. The van der Waals surface area contributed by atoms with Crippen molar-refractivity contribution >= 4 is 34.8 Å². The summed E-state index contributed by atoms with van der Waals surface area (Å²) in [6, 6.07) is 10.2. The van der Waals surface area contributed by atoms with Gasteiger partial charge in [-0.05, 0) is 30.7 Å². The third-order valence-electron chi connectivity index (χ3n) is 3.03. The van der Waals surface area contributed by atoms with Crippen molar-refractivity contribution in [1.82, 2.24) is 0 Å². The molecular weight excluding hydrogens is 337 g/mol. The number of amides is 1. The van der Waals surface area contributed by atoms with Crippen molar-refractivity contribution < 1.29 is 14.3 Å². The Balaban J connectivity index is 2.16. The van der Waals surface area contributed by atoms with E-state index < -0.39 is 0 Å². The maximum Gasteiger partial charge on any atom is 0.255 e. The average molecular weight is 354 g/mol. The highest BCUT2D eigenvalue weighted by molar-refractivity contribution is 6.37. The first kappa shape index (κ1) is 17.4. The summed E-state index contributed by atoms with van der Waals surface area (Å²) in [5, 5.41) is 3.36. The minimum absolute atomic E-state index is 0.283. The van der Waals surface area contributed by atoms with Crippen LogP contribution >= 0.6 is 23.2 Å². The van der Waals surface area contributed by atoms with Crippen molar-refractivity contribution in [3.05, 3.63) is 52.0 Å². The van der Waals surface area contributed by atoms with Gasteiger partial charge in [-0.2, -0.15) is 0 Å². The number of hydrogen-bond donors (Lipinski definition) is 1. The van der Waals surface area contributed by atoms with Crippen LogP contribution in [0.15, 0.2) is 36.4 Å². The predicted octanol–water partition coefficient (Wildman–Crippen LogP) is 5.04. The van der Waals surface area contributed by atoms with Gasteiger partial charge in [0.2, 0.25) is 0 Å². The molecule has 0 saturated heterocycles. The monoisotopic (exact) mass is 353 g/mol. The van der Waals surface area contributed by atoms with Gasteiger partial charge in [0, 0.05) is 17.3 Å². The third kappa shape index (κ3) is 4.53. The maximum absolute atomic E-state index is 12.3. The quantitative estimate of drug-likeness (QED) is 0.790. The fourth-order valence-electron chi connectivity index (χ4n) is 1.97. The first-order valence-electron chi connectivity index (χ1n) is 7.12. The molecule has 0 spiro atoms. The van der Waals surface area contributed by atoms with E-state index in [1.807, 2.05) is 19.1 Å². The van der Waals surface area contributed by atoms with Crippen molar-refractivity contribution in [2.24, 2.45) is 0 Å². The van der Waals surface area contributed by atoms with E-state index in [2.05, 4.69) is 5.32 Å². The minimum Gasteiger partial charge on any atom is -0.494 e. The lowest BCUT2D eigenvalue weighted by atomic mass is 10.2. The largest absolute Gasteiger partial charge is 0.494 e. The number of anilines is 1. The molecule has 0 saturated carbocycles. The van der Waals surface area contributed by atoms with Gasteiger partial charge in [-0.1, -0.05) is 36.2 Å². The Morgan fingerprint density at radius 1 is 1.17 bits per heavy atom. The number of carbonyl (C=O) groups is 1. The summed E-state index contributed by atoms with van der Waals surface area (Å²) in [6.07, 6.45) is 0.916. The fraction of sp³-hybridized carbons (Fsp3) is 0.235. The van der Waals surface area contributed by atoms with Gasteiger partial charge in [0.1, 0.15) is 5.75 Å². The van der Waals surface area contributed by atoms with E-state index in [1.54, 1.807) is 12.1 Å². The Morgan fingerprint density at radius 3 is 2.48 bits per heavy atom. The molecule has 2 aromatic carbocycles. The minimum atomic E-state index is -0.316. The fourth-order valence-corrected chi connectivity index (χ4v) is 2.61. The molecule has 4 nitrogen and oxygen atoms in total. The molecular formula is C17H17Cl2NO3. The molecule has 23 heavy (non-hydrogen) atoms. The molecule has 2 rings (SSSR count). The van der Waals surface area contributed by atoms with E-state index in [0.29, 0.717) is 29.4 Å². The standard InChI is InChI=1S/C17H17Cl2NO3/c1-3-7-23-13-6-4-5-12(10-13)20-17(21)11-8-14(18)16(22-2)15(19)9-11/h4-6,8-10H,3,7H2,1-2H3,(H,20,21). The molecule has 0 aromatic heterocycles. The molecule has 0 fully saturated rings. The number of rotatable bonds is 6. The van der Waals surface area contributed by atoms with Crippen molar-refractivity contribution in [3.8, 4) is 11.5 Å². The Kier molecular flexibility index (Phi) is 6.13. The van der Waals surface area contributed by atoms with Gasteiger partial charge < -0.3 is 14.8 Å². The number of halogens is 2. The van der Waals surface area contributed by atoms with Crippen molar-refractivity contribution in [1.29, 1.82) is 0 Å². The highest BCUT2D eigenvalue weighted by Gasteiger charge is 2.14. The van der Waals surface area contributed by atoms with Crippen LogP contribution in [0.3, 0.4) is 0 Å². The Labute approximate surface area is 145 Å². The normalized spacial score (nSPS) is 10.3. The molecule has 122 valence electrons. The second kappa shape index (κ2) is 8.09. The van der Waals surface area contributed by atoms with Crippen LogP contribution in [0.4, 0.5) is 5.69 Å². The Hall–Kier alpha value is -1.91. The predicted molar refractivity (Wildman–Crippen MR) is 93.2 cm³/mol. The number of carbonyl (C=O) groups excluding carboxylic acids is 1. The van der Waals surface area contributed by atoms with Crippen molar-refractivity contribution in [2.45, 2.75) is 13.3 Å². The van der Waals surface area contributed by atoms with Crippen molar-refractivity contribution in [3.63, 3.8) is 0 Å². The summed E-state index contributed by atoms with van der Waals surface area (Å²) >= 11 is 12.1. The first-order chi connectivity index (χ1) is 11.0. The second-order valence-electron chi connectivity index (χ2n) is 4.80. The first-order valence-corrected chi connectivity index (χ1v) is 7.88. The zero-order chi connectivity index (χ0) is 16.8. The van der Waals surface area contributed by atoms with E-state index in [-0.39, 0.29) is 16.0 Å². The van der Waals surface area contributed by atoms with E-state index >= 15 is 0 Å². The molecule has 0 bridgehead atoms. The zero-order valence-corrected chi connectivity index (χ0v) is 14.4. The van der Waals surface area contributed by atoms with E-state index in [0.717, 1.165) is 6.42 Å². The second-order valence-corrected chi connectivity index (χ2v) is 5.62. The molecule has 0 heterocycles. The van der Waals surface area contributed by atoms with Crippen LogP contribution in [0, 0.1) is 0 Å². The average Bonchev–Trinajstić information content (AvgIpc) is 2.53. The SMILES string of the molecule is CCCOc1cccc(NC(=O)c2cc(Cl)c(OC)c(Cl)c2)c1. The zero-order valence-electron chi connectivity index (χ0n) is 12.9. The highest BCUT2D eigenvalue weighted by atomic mass is 35.5. The molecule has 0 aliphatic carbocycles. The van der Waals surface area contributed by atoms with Crippen LogP contribution in [-0.2, 0) is 0 Å². The van der Waals surface area contributed by atoms with Gasteiger partial charge >= 0.3 is 0 Å². The van der Waals surface area contributed by atoms with E-state index in [4.69, 9.17) is 32.7 Å². The molecule has 0 radical (unpaired) electrons. The van der Waals surface area contributed by atoms with Gasteiger partial charge in [-0.25, -0.2) is 0 Å². The smallest absolute Gasteiger partial charge is 0.255 e. The van der Waals surface area contributed by atoms with Crippen LogP contribution in [0.25, 0.3) is 0 Å². The van der Waals surface area contributed by atoms with Crippen LogP contribution in [0.1, 0.15) is 23.7 Å². The van der Waals surface area contributed by atoms with Gasteiger partial charge in [0.25, 0.3) is 5.91 Å². The molecule has 0 aliphatic rings. The van der Waals surface area contributed by atoms with Gasteiger partial charge in [-0.15, -0.1) is 0 Å². The lowest BCUT2D eigenvalue weighted by molar-refractivity contribution is 0.102. The van der Waals surface area contributed by atoms with E-state index in [9.17, 15) is 4.79 Å². The summed E-state index contributed by atoms with van der Waals surface area (Å²) in [7, 11) is 1.47. The molecule has 0 aliphatic heterocycles. The van der Waals surface area contributed by atoms with Gasteiger partial charge in [0.05, 0.1) is 23.8 Å². The molecule has 1 amide bonds. The maximum atomic E-state index is 12.3. The summed E-state index contributed by atoms with van der Waals surface area (Å²) in [6.45, 7) is 2.66. The number of benzene rings is 2. The summed E-state index contributed by atoms with van der Waals surface area (Å²) < 4.78 is 10.6. The molecule has 6 heteroatoms. The molecule has 0 atom stereocenters. The van der Waals surface area contributed by atoms with E-state index in [1.165, 1.54) is 19.2 Å². The topological polar surface area (TPSA) is 47.6 Å². The molecule has 2 aromatic rings. The Bertz CT molecular complexity index is 681. The van der Waals surface area contributed by atoms with Gasteiger partial charge in [0.15, 0.2) is 5.75 Å². The molecule has 0 unspecified atom stereocenters. The van der Waals surface area contributed by atoms with Crippen LogP contribution in [0.2, 0.25) is 10.0 Å². The summed E-state index contributed by atoms with van der Waals surface area (Å²) in [5.41, 5.74) is 0.979. The van der Waals surface area contributed by atoms with Gasteiger partial charge in [-0.3, -0.25) is 4.79 Å². The van der Waals surface area contributed by atoms with Crippen LogP contribution in [0.5, 0.6) is 11.5 Å². The number of hydrogen-bond acceptors (Lipinski definition) is 3. The third-order valence-corrected chi connectivity index (χ3v) is 3.59. The lowest BCUT2D eigenvalue weighted by Crippen LogP contribution is -2.12. The highest BCUT2D eigenvalue weighted by Crippen LogP contribution is 2.34. The number of ether oxygens (including phenoxy) is 2. The number of nitrogens with one attached hydrogen (secondary N) is 1.